The fourth-order valence-electron chi connectivity index (χ4n) is 5.43. The SMILES string of the molecule is C[C@@H](C(=O)c1ccc(S(=O)(=O)C(N)C(N)CCc2ccccc2)cc1)N(C(=O)N1CCOCC1)c1ccc2ccccc2c1. The van der Waals surface area contributed by atoms with E-state index in [9.17, 15) is 18.0 Å². The van der Waals surface area contributed by atoms with Crippen LogP contribution in [0.4, 0.5) is 10.5 Å². The first-order chi connectivity index (χ1) is 21.2. The highest BCUT2D eigenvalue weighted by atomic mass is 32.2. The molecule has 4 aromatic carbocycles. The van der Waals surface area contributed by atoms with Crippen molar-refractivity contribution in [2.24, 2.45) is 11.5 Å². The van der Waals surface area contributed by atoms with Gasteiger partial charge in [-0.2, -0.15) is 0 Å². The number of amides is 2. The second-order valence-electron chi connectivity index (χ2n) is 11.0. The monoisotopic (exact) mass is 614 g/mol. The Kier molecular flexibility index (Phi) is 9.75. The number of benzene rings is 4. The zero-order valence-corrected chi connectivity index (χ0v) is 25.5. The highest BCUT2D eigenvalue weighted by molar-refractivity contribution is 7.92. The van der Waals surface area contributed by atoms with Crippen LogP contribution in [0.3, 0.4) is 0 Å². The number of urea groups is 1. The third kappa shape index (κ3) is 6.84. The Hall–Kier alpha value is -4.09. The van der Waals surface area contributed by atoms with E-state index >= 15 is 0 Å². The number of morpholine rings is 1. The number of ketones is 1. The van der Waals surface area contributed by atoms with Gasteiger partial charge in [-0.05, 0) is 60.4 Å². The summed E-state index contributed by atoms with van der Waals surface area (Å²) in [7, 11) is -3.95. The molecule has 4 aromatic rings. The molecule has 1 aliphatic heterocycles. The van der Waals surface area contributed by atoms with Crippen LogP contribution in [0.2, 0.25) is 0 Å². The molecule has 4 N–H and O–H groups in total. The number of hydrogen-bond acceptors (Lipinski definition) is 7. The van der Waals surface area contributed by atoms with Crippen molar-refractivity contribution < 1.29 is 22.7 Å². The standard InChI is InChI=1S/C34H38N4O5S/c1-24(38(34(40)37-19-21-43-22-20-37)29-15-12-26-9-5-6-10-28(26)23-29)32(39)27-13-16-30(17-14-27)44(41,42)33(36)31(35)18-11-25-7-3-2-4-8-25/h2-10,12-17,23-24,31,33H,11,18-22,35-36H2,1H3/t24-,31?,33?/m0/s1. The topological polar surface area (TPSA) is 136 Å². The molecule has 5 rings (SSSR count). The van der Waals surface area contributed by atoms with E-state index in [2.05, 4.69) is 0 Å². The Morgan fingerprint density at radius 3 is 2.18 bits per heavy atom. The minimum Gasteiger partial charge on any atom is -0.378 e. The zero-order chi connectivity index (χ0) is 31.3. The first-order valence-corrected chi connectivity index (χ1v) is 16.3. The molecular formula is C34H38N4O5S. The highest BCUT2D eigenvalue weighted by Gasteiger charge is 2.33. The number of anilines is 1. The quantitative estimate of drug-likeness (QED) is 0.253. The molecule has 1 fully saturated rings. The van der Waals surface area contributed by atoms with Gasteiger partial charge in [-0.3, -0.25) is 9.69 Å². The van der Waals surface area contributed by atoms with Crippen molar-refractivity contribution in [3.8, 4) is 0 Å². The molecule has 44 heavy (non-hydrogen) atoms. The molecule has 10 heteroatoms. The number of ether oxygens (including phenoxy) is 1. The summed E-state index contributed by atoms with van der Waals surface area (Å²) in [6.45, 7) is 3.37. The molecule has 0 radical (unpaired) electrons. The number of sulfone groups is 1. The molecule has 0 saturated carbocycles. The van der Waals surface area contributed by atoms with Gasteiger partial charge in [-0.1, -0.05) is 72.8 Å². The van der Waals surface area contributed by atoms with Gasteiger partial charge in [-0.25, -0.2) is 13.2 Å². The minimum atomic E-state index is -3.95. The third-order valence-corrected chi connectivity index (χ3v) is 10.1. The van der Waals surface area contributed by atoms with Crippen LogP contribution in [0, 0.1) is 0 Å². The number of fused-ring (bicyclic) bond motifs is 1. The lowest BCUT2D eigenvalue weighted by atomic mass is 10.0. The molecule has 0 aromatic heterocycles. The van der Waals surface area contributed by atoms with Crippen LogP contribution in [-0.2, 0) is 21.0 Å². The van der Waals surface area contributed by atoms with E-state index in [1.165, 1.54) is 29.2 Å². The molecule has 3 atom stereocenters. The maximum absolute atomic E-state index is 13.8. The Morgan fingerprint density at radius 1 is 0.864 bits per heavy atom. The first kappa shape index (κ1) is 31.3. The van der Waals surface area contributed by atoms with Crippen molar-refractivity contribution in [1.29, 1.82) is 0 Å². The molecule has 230 valence electrons. The number of nitrogens with two attached hydrogens (primary N) is 2. The molecule has 1 heterocycles. The first-order valence-electron chi connectivity index (χ1n) is 14.7. The number of nitrogens with zero attached hydrogens (tertiary/aromatic N) is 2. The molecule has 0 spiro atoms. The molecule has 0 aliphatic carbocycles. The fraction of sp³-hybridized carbons (Fsp3) is 0.294. The summed E-state index contributed by atoms with van der Waals surface area (Å²) < 4.78 is 32.0. The molecule has 1 aliphatic rings. The summed E-state index contributed by atoms with van der Waals surface area (Å²) in [5.41, 5.74) is 14.3. The third-order valence-electron chi connectivity index (χ3n) is 8.12. The second kappa shape index (κ2) is 13.7. The van der Waals surface area contributed by atoms with Crippen LogP contribution >= 0.6 is 0 Å². The summed E-state index contributed by atoms with van der Waals surface area (Å²) in [4.78, 5) is 30.8. The predicted octanol–water partition coefficient (Wildman–Crippen LogP) is 4.39. The van der Waals surface area contributed by atoms with Crippen LogP contribution < -0.4 is 16.4 Å². The van der Waals surface area contributed by atoms with Crippen molar-refractivity contribution in [3.05, 3.63) is 108 Å². The number of aryl methyl sites for hydroxylation is 1. The van der Waals surface area contributed by atoms with Crippen molar-refractivity contribution in [3.63, 3.8) is 0 Å². The Morgan fingerprint density at radius 2 is 1.50 bits per heavy atom. The fourth-order valence-corrected chi connectivity index (χ4v) is 6.86. The maximum Gasteiger partial charge on any atom is 0.325 e. The van der Waals surface area contributed by atoms with Crippen molar-refractivity contribution in [2.45, 2.75) is 42.1 Å². The molecule has 0 bridgehead atoms. The van der Waals surface area contributed by atoms with Crippen LogP contribution in [0.25, 0.3) is 10.8 Å². The number of Topliss-reactive ketones (excluding diaryl/α,β-unsaturated/α-hetero) is 1. The summed E-state index contributed by atoms with van der Waals surface area (Å²) >= 11 is 0. The highest BCUT2D eigenvalue weighted by Crippen LogP contribution is 2.27. The number of rotatable bonds is 10. The van der Waals surface area contributed by atoms with Gasteiger partial charge in [-0.15, -0.1) is 0 Å². The van der Waals surface area contributed by atoms with Gasteiger partial charge in [0.25, 0.3) is 0 Å². The minimum absolute atomic E-state index is 0.0138. The van der Waals surface area contributed by atoms with Gasteiger partial charge >= 0.3 is 6.03 Å². The Bertz CT molecular complexity index is 1710. The average Bonchev–Trinajstić information content (AvgIpc) is 3.07. The molecule has 9 nitrogen and oxygen atoms in total. The van der Waals surface area contributed by atoms with Gasteiger partial charge < -0.3 is 21.1 Å². The van der Waals surface area contributed by atoms with Gasteiger partial charge in [0.15, 0.2) is 15.6 Å². The van der Waals surface area contributed by atoms with E-state index in [1.54, 1.807) is 11.8 Å². The van der Waals surface area contributed by atoms with Crippen molar-refractivity contribution in [1.82, 2.24) is 4.90 Å². The summed E-state index contributed by atoms with van der Waals surface area (Å²) in [5, 5.41) is 0.655. The smallest absolute Gasteiger partial charge is 0.325 e. The van der Waals surface area contributed by atoms with Gasteiger partial charge in [0, 0.05) is 30.4 Å². The number of carbonyl (C=O) groups is 2. The predicted molar refractivity (Wildman–Crippen MR) is 172 cm³/mol. The van der Waals surface area contributed by atoms with Crippen LogP contribution in [0.15, 0.2) is 102 Å². The van der Waals surface area contributed by atoms with Crippen LogP contribution in [0.5, 0.6) is 0 Å². The van der Waals surface area contributed by atoms with E-state index < -0.39 is 27.3 Å². The Balaban J connectivity index is 1.35. The van der Waals surface area contributed by atoms with Crippen molar-refractivity contribution >= 4 is 38.1 Å². The molecular weight excluding hydrogens is 576 g/mol. The lowest BCUT2D eigenvalue weighted by Crippen LogP contribution is -2.53. The van der Waals surface area contributed by atoms with E-state index in [0.29, 0.717) is 44.8 Å². The molecule has 2 unspecified atom stereocenters. The second-order valence-corrected chi connectivity index (χ2v) is 13.2. The maximum atomic E-state index is 13.8. The normalized spacial score (nSPS) is 15.8. The number of hydrogen-bond donors (Lipinski definition) is 2. The largest absolute Gasteiger partial charge is 0.378 e. The lowest BCUT2D eigenvalue weighted by molar-refractivity contribution is 0.0543. The lowest BCUT2D eigenvalue weighted by Gasteiger charge is -2.36. The summed E-state index contributed by atoms with van der Waals surface area (Å²) in [6.07, 6.45) is 1.01. The van der Waals surface area contributed by atoms with Gasteiger partial charge in [0.1, 0.15) is 5.37 Å². The average molecular weight is 615 g/mol. The summed E-state index contributed by atoms with van der Waals surface area (Å²) in [5.74, 6) is -0.326. The number of carbonyl (C=O) groups excluding carboxylic acids is 2. The van der Waals surface area contributed by atoms with Crippen LogP contribution in [-0.4, -0.2) is 68.9 Å². The Labute approximate surface area is 258 Å². The van der Waals surface area contributed by atoms with Gasteiger partial charge in [0.05, 0.1) is 24.2 Å². The van der Waals surface area contributed by atoms with E-state index in [1.807, 2.05) is 72.8 Å². The van der Waals surface area contributed by atoms with Gasteiger partial charge in [0.2, 0.25) is 0 Å². The molecule has 1 saturated heterocycles. The van der Waals surface area contributed by atoms with E-state index in [-0.39, 0.29) is 22.3 Å². The van der Waals surface area contributed by atoms with E-state index in [0.717, 1.165) is 16.3 Å². The zero-order valence-electron chi connectivity index (χ0n) is 24.7. The summed E-state index contributed by atoms with van der Waals surface area (Å²) in [6, 6.07) is 26.9. The van der Waals surface area contributed by atoms with E-state index in [4.69, 9.17) is 16.2 Å². The van der Waals surface area contributed by atoms with Crippen LogP contribution in [0.1, 0.15) is 29.3 Å². The molecule has 2 amide bonds. The van der Waals surface area contributed by atoms with Crippen molar-refractivity contribution in [2.75, 3.05) is 31.2 Å².